The van der Waals surface area contributed by atoms with Crippen molar-refractivity contribution in [1.82, 2.24) is 14.7 Å². The number of hydrogen-bond donors (Lipinski definition) is 0. The van der Waals surface area contributed by atoms with Crippen LogP contribution < -0.4 is 9.47 Å². The van der Waals surface area contributed by atoms with E-state index >= 15 is 0 Å². The van der Waals surface area contributed by atoms with E-state index in [4.69, 9.17) is 32.7 Å². The highest BCUT2D eigenvalue weighted by atomic mass is 35.5. The van der Waals surface area contributed by atoms with E-state index in [9.17, 15) is 0 Å². The van der Waals surface area contributed by atoms with Gasteiger partial charge in [0.2, 0.25) is 0 Å². The van der Waals surface area contributed by atoms with Crippen molar-refractivity contribution in [3.8, 4) is 11.5 Å². The Kier molecular flexibility index (Phi) is 8.03. The minimum Gasteiger partial charge on any atom is -0.492 e. The van der Waals surface area contributed by atoms with Crippen molar-refractivity contribution in [2.24, 2.45) is 0 Å². The second-order valence-electron chi connectivity index (χ2n) is 6.22. The van der Waals surface area contributed by atoms with Crippen LogP contribution in [0.25, 0.3) is 0 Å². The van der Waals surface area contributed by atoms with E-state index in [1.54, 1.807) is 6.20 Å². The predicted molar refractivity (Wildman–Crippen MR) is 113 cm³/mol. The zero-order chi connectivity index (χ0) is 19.6. The largest absolute Gasteiger partial charge is 0.492 e. The zero-order valence-electron chi connectivity index (χ0n) is 15.5. The van der Waals surface area contributed by atoms with Gasteiger partial charge in [-0.1, -0.05) is 35.3 Å². The predicted octanol–water partition coefficient (Wildman–Crippen LogP) is 4.65. The third kappa shape index (κ3) is 7.08. The molecule has 0 bridgehead atoms. The lowest BCUT2D eigenvalue weighted by Crippen LogP contribution is -2.35. The summed E-state index contributed by atoms with van der Waals surface area (Å²) in [5.74, 6) is 1.55. The fraction of sp³-hybridized carbons (Fsp3) is 0.286. The Morgan fingerprint density at radius 3 is 1.93 bits per heavy atom. The Morgan fingerprint density at radius 2 is 1.43 bits per heavy atom. The third-order valence-corrected chi connectivity index (χ3v) is 4.62. The number of hydrogen-bond acceptors (Lipinski definition) is 4. The van der Waals surface area contributed by atoms with Crippen molar-refractivity contribution in [3.63, 3.8) is 0 Å². The lowest BCUT2D eigenvalue weighted by molar-refractivity contribution is 0.171. The first-order valence-electron chi connectivity index (χ1n) is 9.15. The van der Waals surface area contributed by atoms with Crippen LogP contribution in [0, 0.1) is 0 Å². The van der Waals surface area contributed by atoms with Gasteiger partial charge < -0.3 is 9.47 Å². The third-order valence-electron chi connectivity index (χ3n) is 4.15. The van der Waals surface area contributed by atoms with Crippen LogP contribution in [0.2, 0.25) is 10.0 Å². The van der Waals surface area contributed by atoms with Gasteiger partial charge in [-0.25, -0.2) is 0 Å². The molecule has 28 heavy (non-hydrogen) atoms. The average Bonchev–Trinajstić information content (AvgIpc) is 3.19. The molecule has 0 N–H and O–H groups in total. The maximum atomic E-state index is 6.00. The van der Waals surface area contributed by atoms with Crippen molar-refractivity contribution in [3.05, 3.63) is 77.0 Å². The second kappa shape index (κ2) is 11.0. The molecule has 0 saturated heterocycles. The first-order chi connectivity index (χ1) is 13.7. The minimum atomic E-state index is 0.566. The van der Waals surface area contributed by atoms with Crippen molar-refractivity contribution < 1.29 is 9.47 Å². The molecule has 0 unspecified atom stereocenters. The standard InChI is InChI=1S/C21H23Cl2N3O2/c22-18-4-1-6-20(16-18)27-14-12-25(10-11-26-9-3-8-24-26)13-15-28-21-7-2-5-19(23)17-21/h1-9,16-17H,10-15H2. The molecule has 5 nitrogen and oxygen atoms in total. The number of nitrogens with zero attached hydrogens (tertiary/aromatic N) is 3. The van der Waals surface area contributed by atoms with E-state index in [0.717, 1.165) is 37.7 Å². The van der Waals surface area contributed by atoms with Crippen molar-refractivity contribution >= 4 is 23.2 Å². The number of ether oxygens (including phenoxy) is 2. The molecule has 0 radical (unpaired) electrons. The van der Waals surface area contributed by atoms with Crippen molar-refractivity contribution in [2.45, 2.75) is 6.54 Å². The summed E-state index contributed by atoms with van der Waals surface area (Å²) in [6.07, 6.45) is 3.75. The molecule has 1 heterocycles. The summed E-state index contributed by atoms with van der Waals surface area (Å²) in [4.78, 5) is 2.29. The van der Waals surface area contributed by atoms with Crippen LogP contribution in [0.4, 0.5) is 0 Å². The van der Waals surface area contributed by atoms with Crippen LogP contribution in [0.3, 0.4) is 0 Å². The highest BCUT2D eigenvalue weighted by molar-refractivity contribution is 6.31. The zero-order valence-corrected chi connectivity index (χ0v) is 17.0. The molecule has 0 atom stereocenters. The summed E-state index contributed by atoms with van der Waals surface area (Å²) < 4.78 is 13.6. The number of aromatic nitrogens is 2. The van der Waals surface area contributed by atoms with Gasteiger partial charge in [0.1, 0.15) is 24.7 Å². The SMILES string of the molecule is Clc1cccc(OCCN(CCOc2cccc(Cl)c2)CCn2cccn2)c1. The topological polar surface area (TPSA) is 39.5 Å². The van der Waals surface area contributed by atoms with E-state index in [0.29, 0.717) is 23.3 Å². The highest BCUT2D eigenvalue weighted by Crippen LogP contribution is 2.18. The Labute approximate surface area is 175 Å². The van der Waals surface area contributed by atoms with E-state index in [-0.39, 0.29) is 0 Å². The molecule has 0 spiro atoms. The molecule has 3 rings (SSSR count). The van der Waals surface area contributed by atoms with E-state index in [1.807, 2.05) is 65.5 Å². The molecule has 0 fully saturated rings. The molecule has 2 aromatic carbocycles. The Balaban J connectivity index is 1.48. The number of halogens is 2. The lowest BCUT2D eigenvalue weighted by atomic mass is 10.3. The quantitative estimate of drug-likeness (QED) is 0.453. The lowest BCUT2D eigenvalue weighted by Gasteiger charge is -2.22. The van der Waals surface area contributed by atoms with Crippen LogP contribution in [-0.2, 0) is 6.54 Å². The fourth-order valence-electron chi connectivity index (χ4n) is 2.71. The molecule has 3 aromatic rings. The fourth-order valence-corrected chi connectivity index (χ4v) is 3.07. The monoisotopic (exact) mass is 419 g/mol. The molecular weight excluding hydrogens is 397 g/mol. The average molecular weight is 420 g/mol. The van der Waals surface area contributed by atoms with Gasteiger partial charge in [-0.2, -0.15) is 5.10 Å². The molecule has 0 aliphatic carbocycles. The summed E-state index contributed by atoms with van der Waals surface area (Å²) in [5.41, 5.74) is 0. The molecule has 7 heteroatoms. The number of rotatable bonds is 11. The summed E-state index contributed by atoms with van der Waals surface area (Å²) in [5, 5.41) is 5.60. The van der Waals surface area contributed by atoms with Crippen LogP contribution >= 0.6 is 23.2 Å². The Hall–Kier alpha value is -2.21. The van der Waals surface area contributed by atoms with Gasteiger partial charge in [-0.15, -0.1) is 0 Å². The van der Waals surface area contributed by atoms with Crippen molar-refractivity contribution in [2.75, 3.05) is 32.8 Å². The minimum absolute atomic E-state index is 0.566. The smallest absolute Gasteiger partial charge is 0.120 e. The first-order valence-corrected chi connectivity index (χ1v) is 9.91. The normalized spacial score (nSPS) is 11.0. The second-order valence-corrected chi connectivity index (χ2v) is 7.10. The van der Waals surface area contributed by atoms with Gasteiger partial charge in [0.05, 0.1) is 6.54 Å². The molecule has 0 aliphatic rings. The maximum Gasteiger partial charge on any atom is 0.120 e. The van der Waals surface area contributed by atoms with Gasteiger partial charge in [-0.3, -0.25) is 9.58 Å². The molecule has 1 aromatic heterocycles. The Morgan fingerprint density at radius 1 is 0.821 bits per heavy atom. The summed E-state index contributed by atoms with van der Waals surface area (Å²) >= 11 is 12.0. The van der Waals surface area contributed by atoms with Crippen LogP contribution in [-0.4, -0.2) is 47.5 Å². The molecule has 0 amide bonds. The van der Waals surface area contributed by atoms with E-state index in [2.05, 4.69) is 10.00 Å². The van der Waals surface area contributed by atoms with Gasteiger partial charge in [-0.05, 0) is 42.5 Å². The van der Waals surface area contributed by atoms with Crippen LogP contribution in [0.1, 0.15) is 0 Å². The van der Waals surface area contributed by atoms with E-state index < -0.39 is 0 Å². The van der Waals surface area contributed by atoms with Gasteiger partial charge >= 0.3 is 0 Å². The molecular formula is C21H23Cl2N3O2. The Bertz CT molecular complexity index is 792. The summed E-state index contributed by atoms with van der Waals surface area (Å²) in [6, 6.07) is 16.8. The van der Waals surface area contributed by atoms with Crippen LogP contribution in [0.5, 0.6) is 11.5 Å². The summed E-state index contributed by atoms with van der Waals surface area (Å²) in [7, 11) is 0. The van der Waals surface area contributed by atoms with E-state index in [1.165, 1.54) is 0 Å². The first kappa shape index (κ1) is 20.5. The maximum absolute atomic E-state index is 6.00. The van der Waals surface area contributed by atoms with Crippen molar-refractivity contribution in [1.29, 1.82) is 0 Å². The number of benzene rings is 2. The molecule has 0 aliphatic heterocycles. The highest BCUT2D eigenvalue weighted by Gasteiger charge is 2.07. The molecule has 148 valence electrons. The van der Waals surface area contributed by atoms with Gasteiger partial charge in [0.15, 0.2) is 0 Å². The van der Waals surface area contributed by atoms with Gasteiger partial charge in [0.25, 0.3) is 0 Å². The van der Waals surface area contributed by atoms with Crippen LogP contribution in [0.15, 0.2) is 67.0 Å². The molecule has 0 saturated carbocycles. The van der Waals surface area contributed by atoms with Gasteiger partial charge in [0, 0.05) is 42.1 Å². The summed E-state index contributed by atoms with van der Waals surface area (Å²) in [6.45, 7) is 4.33.